The van der Waals surface area contributed by atoms with Gasteiger partial charge in [-0.05, 0) is 88.1 Å². The normalized spacial score (nSPS) is 19.0. The van der Waals surface area contributed by atoms with Crippen LogP contribution < -0.4 is 10.9 Å². The molecule has 2 heterocycles. The molecule has 35 heavy (non-hydrogen) atoms. The fourth-order valence-corrected chi connectivity index (χ4v) is 7.04. The van der Waals surface area contributed by atoms with Gasteiger partial charge in [0.25, 0.3) is 5.56 Å². The second-order valence-corrected chi connectivity index (χ2v) is 12.8. The molecule has 7 nitrogen and oxygen atoms in total. The van der Waals surface area contributed by atoms with Crippen LogP contribution in [0.25, 0.3) is 11.0 Å². The molecule has 1 aliphatic rings. The van der Waals surface area contributed by atoms with Crippen molar-refractivity contribution in [3.05, 3.63) is 51.4 Å². The summed E-state index contributed by atoms with van der Waals surface area (Å²) in [5.41, 5.74) is 1.68. The molecule has 0 atom stereocenters. The zero-order chi connectivity index (χ0) is 25.5. The van der Waals surface area contributed by atoms with E-state index in [1.807, 2.05) is 20.8 Å². The smallest absolute Gasteiger partial charge is 0.271 e. The van der Waals surface area contributed by atoms with Gasteiger partial charge < -0.3 is 5.32 Å². The molecule has 2 aromatic heterocycles. The highest BCUT2D eigenvalue weighted by Gasteiger charge is 2.33. The van der Waals surface area contributed by atoms with Crippen LogP contribution in [0.3, 0.4) is 0 Å². The van der Waals surface area contributed by atoms with Crippen molar-refractivity contribution >= 4 is 44.1 Å². The summed E-state index contributed by atoms with van der Waals surface area (Å²) < 4.78 is 28.2. The molecule has 0 aliphatic heterocycles. The molecule has 1 N–H and O–H groups in total. The first-order valence-electron chi connectivity index (χ1n) is 12.2. The summed E-state index contributed by atoms with van der Waals surface area (Å²) in [6.45, 7) is 10.1. The molecule has 0 unspecified atom stereocenters. The summed E-state index contributed by atoms with van der Waals surface area (Å²) in [5, 5.41) is 3.65. The van der Waals surface area contributed by atoms with E-state index in [2.05, 4.69) is 29.1 Å². The number of nitrogens with zero attached hydrogens (tertiary/aromatic N) is 3. The van der Waals surface area contributed by atoms with Gasteiger partial charge in [0.1, 0.15) is 10.7 Å². The van der Waals surface area contributed by atoms with Crippen LogP contribution in [-0.4, -0.2) is 28.2 Å². The monoisotopic (exact) mass is 516 g/mol. The highest BCUT2D eigenvalue weighted by molar-refractivity contribution is 7.92. The first-order chi connectivity index (χ1) is 16.5. The van der Waals surface area contributed by atoms with Crippen molar-refractivity contribution in [2.75, 3.05) is 5.32 Å². The average Bonchev–Trinajstić information content (AvgIpc) is 2.81. The van der Waals surface area contributed by atoms with E-state index in [1.165, 1.54) is 0 Å². The minimum atomic E-state index is -3.39. The minimum absolute atomic E-state index is 0.126. The molecule has 1 fully saturated rings. The second-order valence-electron chi connectivity index (χ2n) is 10.2. The van der Waals surface area contributed by atoms with E-state index in [4.69, 9.17) is 11.6 Å². The molecule has 1 saturated carbocycles. The van der Waals surface area contributed by atoms with Crippen LogP contribution in [0.4, 0.5) is 11.6 Å². The molecule has 1 aliphatic carbocycles. The van der Waals surface area contributed by atoms with Crippen LogP contribution in [0, 0.1) is 18.8 Å². The third kappa shape index (κ3) is 5.09. The van der Waals surface area contributed by atoms with E-state index in [9.17, 15) is 13.2 Å². The van der Waals surface area contributed by atoms with Crippen LogP contribution in [0.15, 0.2) is 40.2 Å². The van der Waals surface area contributed by atoms with Crippen molar-refractivity contribution in [1.29, 1.82) is 0 Å². The number of anilines is 2. The first kappa shape index (κ1) is 25.6. The van der Waals surface area contributed by atoms with Gasteiger partial charge in [-0.3, -0.25) is 9.36 Å². The van der Waals surface area contributed by atoms with Gasteiger partial charge in [-0.15, -0.1) is 0 Å². The van der Waals surface area contributed by atoms with E-state index < -0.39 is 9.84 Å². The minimum Gasteiger partial charge on any atom is -0.324 e. The van der Waals surface area contributed by atoms with Gasteiger partial charge in [0.05, 0.1) is 10.1 Å². The van der Waals surface area contributed by atoms with E-state index >= 15 is 0 Å². The number of nitrogens with one attached hydrogen (secondary N) is 1. The number of pyridine rings is 1. The molecule has 1 aromatic carbocycles. The van der Waals surface area contributed by atoms with Gasteiger partial charge >= 0.3 is 0 Å². The molecule has 0 saturated heterocycles. The lowest BCUT2D eigenvalue weighted by Gasteiger charge is -2.30. The van der Waals surface area contributed by atoms with Crippen LogP contribution in [0.1, 0.15) is 65.0 Å². The standard InChI is InChI=1S/C26H33ClN4O3S/c1-15(2)18-6-8-20(9-7-18)35(33,34)21-10-11-23(17(5)12-21)29-26-28-14-19-13-22(27)25(32)31(16(3)4)24(19)30-26/h10-16,18,20H,6-9H2,1-5H3,(H,28,29,30). The largest absolute Gasteiger partial charge is 0.324 e. The Kier molecular flexibility index (Phi) is 7.25. The maximum Gasteiger partial charge on any atom is 0.271 e. The van der Waals surface area contributed by atoms with Crippen LogP contribution in [0.5, 0.6) is 0 Å². The average molecular weight is 517 g/mol. The third-order valence-electron chi connectivity index (χ3n) is 7.12. The number of benzene rings is 1. The number of aromatic nitrogens is 3. The van der Waals surface area contributed by atoms with Crippen molar-refractivity contribution in [3.8, 4) is 0 Å². The Bertz CT molecular complexity index is 1410. The Morgan fingerprint density at radius 2 is 1.77 bits per heavy atom. The van der Waals surface area contributed by atoms with Crippen LogP contribution >= 0.6 is 11.6 Å². The Morgan fingerprint density at radius 3 is 2.37 bits per heavy atom. The van der Waals surface area contributed by atoms with Crippen molar-refractivity contribution < 1.29 is 8.42 Å². The topological polar surface area (TPSA) is 94.0 Å². The van der Waals surface area contributed by atoms with Crippen LogP contribution in [0.2, 0.25) is 5.02 Å². The predicted octanol–water partition coefficient (Wildman–Crippen LogP) is 6.07. The number of fused-ring (bicyclic) bond motifs is 1. The molecule has 0 amide bonds. The zero-order valence-corrected chi connectivity index (χ0v) is 22.4. The van der Waals surface area contributed by atoms with E-state index in [1.54, 1.807) is 35.0 Å². The quantitative estimate of drug-likeness (QED) is 0.427. The number of hydrogen-bond donors (Lipinski definition) is 1. The molecule has 0 spiro atoms. The summed E-state index contributed by atoms with van der Waals surface area (Å²) in [6.07, 6.45) is 4.99. The first-order valence-corrected chi connectivity index (χ1v) is 14.1. The molecular weight excluding hydrogens is 484 g/mol. The summed E-state index contributed by atoms with van der Waals surface area (Å²) >= 11 is 6.10. The summed E-state index contributed by atoms with van der Waals surface area (Å²) in [7, 11) is -3.39. The summed E-state index contributed by atoms with van der Waals surface area (Å²) in [6, 6.07) is 6.57. The SMILES string of the molecule is Cc1cc(S(=O)(=O)C2CCC(C(C)C)CC2)ccc1Nc1ncc2cc(Cl)c(=O)n(C(C)C)c2n1. The Balaban J connectivity index is 1.59. The summed E-state index contributed by atoms with van der Waals surface area (Å²) in [5.74, 6) is 1.52. The van der Waals surface area contributed by atoms with Crippen LogP contribution in [-0.2, 0) is 9.84 Å². The number of sulfone groups is 1. The van der Waals surface area contributed by atoms with E-state index in [0.29, 0.717) is 39.4 Å². The van der Waals surface area contributed by atoms with E-state index in [-0.39, 0.29) is 21.9 Å². The number of halogens is 1. The number of hydrogen-bond acceptors (Lipinski definition) is 6. The molecule has 3 aromatic rings. The fraction of sp³-hybridized carbons (Fsp3) is 0.500. The van der Waals surface area contributed by atoms with E-state index in [0.717, 1.165) is 31.2 Å². The lowest BCUT2D eigenvalue weighted by molar-refractivity contribution is 0.280. The number of rotatable bonds is 6. The molecule has 0 radical (unpaired) electrons. The van der Waals surface area contributed by atoms with Crippen molar-refractivity contribution in [1.82, 2.24) is 14.5 Å². The fourth-order valence-electron chi connectivity index (χ4n) is 4.96. The molecule has 4 rings (SSSR count). The van der Waals surface area contributed by atoms with Gasteiger partial charge in [0, 0.05) is 23.3 Å². The molecule has 188 valence electrons. The van der Waals surface area contributed by atoms with Gasteiger partial charge in [0.2, 0.25) is 5.95 Å². The Morgan fingerprint density at radius 1 is 1.09 bits per heavy atom. The number of aryl methyl sites for hydroxylation is 1. The maximum atomic E-state index is 13.3. The lowest BCUT2D eigenvalue weighted by atomic mass is 9.81. The molecule has 0 bridgehead atoms. The zero-order valence-electron chi connectivity index (χ0n) is 20.9. The molecular formula is C26H33ClN4O3S. The third-order valence-corrected chi connectivity index (χ3v) is 9.65. The van der Waals surface area contributed by atoms with Gasteiger partial charge in [-0.25, -0.2) is 13.4 Å². The molecule has 9 heteroatoms. The summed E-state index contributed by atoms with van der Waals surface area (Å²) in [4.78, 5) is 21.8. The highest BCUT2D eigenvalue weighted by Crippen LogP contribution is 2.36. The lowest BCUT2D eigenvalue weighted by Crippen LogP contribution is -2.29. The maximum absolute atomic E-state index is 13.3. The van der Waals surface area contributed by atoms with Gasteiger partial charge in [0.15, 0.2) is 9.84 Å². The van der Waals surface area contributed by atoms with Crippen molar-refractivity contribution in [2.45, 2.75) is 76.5 Å². The van der Waals surface area contributed by atoms with Gasteiger partial charge in [-0.2, -0.15) is 4.98 Å². The van der Waals surface area contributed by atoms with Crippen molar-refractivity contribution in [2.24, 2.45) is 11.8 Å². The Hall–Kier alpha value is -2.45. The van der Waals surface area contributed by atoms with Crippen molar-refractivity contribution in [3.63, 3.8) is 0 Å². The highest BCUT2D eigenvalue weighted by atomic mass is 35.5. The second kappa shape index (κ2) is 9.90. The predicted molar refractivity (Wildman–Crippen MR) is 141 cm³/mol. The van der Waals surface area contributed by atoms with Gasteiger partial charge in [-0.1, -0.05) is 25.4 Å². The Labute approximate surface area is 211 Å².